The van der Waals surface area contributed by atoms with Crippen molar-refractivity contribution in [3.8, 4) is 33.6 Å². The molecule has 0 unspecified atom stereocenters. The molecule has 13 rings (SSSR count). The molecule has 0 amide bonds. The molecular weight excluding hydrogens is 901 g/mol. The Kier molecular flexibility index (Phi) is 7.68. The summed E-state index contributed by atoms with van der Waals surface area (Å²) in [6.45, 7) is 0. The van der Waals surface area contributed by atoms with Crippen LogP contribution in [0, 0.1) is 0 Å². The van der Waals surface area contributed by atoms with Gasteiger partial charge >= 0.3 is 0 Å². The Morgan fingerprint density at radius 3 is 1.17 bits per heavy atom. The van der Waals surface area contributed by atoms with Crippen molar-refractivity contribution in [3.05, 3.63) is 191 Å². The average Bonchev–Trinajstić information content (AvgIpc) is 4.04. The van der Waals surface area contributed by atoms with Crippen LogP contribution in [0.3, 0.4) is 0 Å². The number of hydrogen-bond acceptors (Lipinski definition) is 2. The number of thiophene rings is 2. The monoisotopic (exact) mass is 928 g/mol. The first-order valence-corrected chi connectivity index (χ1v) is 23.2. The lowest BCUT2D eigenvalue weighted by Crippen LogP contribution is -2.00. The number of nitrogens with zero attached hydrogens (tertiary/aromatic N) is 2. The third-order valence-electron chi connectivity index (χ3n) is 12.3. The van der Waals surface area contributed by atoms with E-state index < -0.39 is 0 Å². The van der Waals surface area contributed by atoms with Crippen LogP contribution in [0.15, 0.2) is 191 Å². The van der Waals surface area contributed by atoms with Gasteiger partial charge in [0.25, 0.3) is 0 Å². The molecule has 0 atom stereocenters. The molecule has 0 saturated carbocycles. The molecule has 0 radical (unpaired) electrons. The number of aromatic nitrogens is 2. The van der Waals surface area contributed by atoms with Crippen molar-refractivity contribution in [3.63, 3.8) is 0 Å². The predicted octanol–water partition coefficient (Wildman–Crippen LogP) is 17.5. The van der Waals surface area contributed by atoms with Crippen LogP contribution in [0.1, 0.15) is 0 Å². The summed E-state index contributed by atoms with van der Waals surface area (Å²) < 4.78 is 12.2. The molecule has 4 heterocycles. The van der Waals surface area contributed by atoms with E-state index in [-0.39, 0.29) is 0 Å². The Hall–Kier alpha value is -6.02. The molecule has 6 heteroatoms. The molecule has 0 spiro atoms. The highest BCUT2D eigenvalue weighted by atomic mass is 79.9. The van der Waals surface area contributed by atoms with Crippen LogP contribution in [0.5, 0.6) is 0 Å². The SMILES string of the molecule is Brc1cc(-n2c3cc(-c4ccccc4)ccc3c3c4c(ccc32)sc2ccccc24)c(Br)cc1-n1c2cc(-c3ccccc3)ccc2c2c3c(ccc21)sc1ccccc13. The van der Waals surface area contributed by atoms with Gasteiger partial charge in [-0.1, -0.05) is 121 Å². The topological polar surface area (TPSA) is 9.86 Å². The zero-order valence-electron chi connectivity index (χ0n) is 31.8. The van der Waals surface area contributed by atoms with E-state index in [2.05, 4.69) is 223 Å². The molecule has 0 saturated heterocycles. The second-order valence-electron chi connectivity index (χ2n) is 15.5. The minimum absolute atomic E-state index is 1.01. The van der Waals surface area contributed by atoms with Gasteiger partial charge in [0, 0.05) is 70.8 Å². The zero-order valence-corrected chi connectivity index (χ0v) is 36.6. The molecule has 9 aromatic carbocycles. The van der Waals surface area contributed by atoms with Crippen molar-refractivity contribution in [2.24, 2.45) is 0 Å². The predicted molar refractivity (Wildman–Crippen MR) is 267 cm³/mol. The fraction of sp³-hybridized carbons (Fsp3) is 0. The molecule has 13 aromatic rings. The summed E-state index contributed by atoms with van der Waals surface area (Å²) in [4.78, 5) is 0. The fourth-order valence-electron chi connectivity index (χ4n) is 9.65. The van der Waals surface area contributed by atoms with Gasteiger partial charge < -0.3 is 9.13 Å². The van der Waals surface area contributed by atoms with Crippen LogP contribution in [-0.4, -0.2) is 9.13 Å². The van der Waals surface area contributed by atoms with E-state index in [4.69, 9.17) is 0 Å². The minimum atomic E-state index is 1.01. The van der Waals surface area contributed by atoms with Crippen LogP contribution >= 0.6 is 54.5 Å². The molecule has 282 valence electrons. The first-order valence-electron chi connectivity index (χ1n) is 20.0. The average molecular weight is 931 g/mol. The maximum absolute atomic E-state index is 4.20. The molecule has 0 aliphatic carbocycles. The largest absolute Gasteiger partial charge is 0.308 e. The molecule has 0 fully saturated rings. The molecular formula is C54H30Br2N2S2. The summed E-state index contributed by atoms with van der Waals surface area (Å²) in [5.41, 5.74) is 11.6. The van der Waals surface area contributed by atoms with E-state index in [9.17, 15) is 0 Å². The first-order chi connectivity index (χ1) is 29.6. The summed E-state index contributed by atoms with van der Waals surface area (Å²) in [6, 6.07) is 66.9. The lowest BCUT2D eigenvalue weighted by atomic mass is 10.0. The molecule has 0 bridgehead atoms. The molecule has 0 N–H and O–H groups in total. The van der Waals surface area contributed by atoms with E-state index in [0.29, 0.717) is 0 Å². The number of rotatable bonds is 4. The van der Waals surface area contributed by atoms with E-state index in [0.717, 1.165) is 20.3 Å². The van der Waals surface area contributed by atoms with Crippen molar-refractivity contribution in [2.45, 2.75) is 0 Å². The van der Waals surface area contributed by atoms with E-state index >= 15 is 0 Å². The van der Waals surface area contributed by atoms with Gasteiger partial charge in [0.15, 0.2) is 0 Å². The lowest BCUT2D eigenvalue weighted by Gasteiger charge is -2.16. The Morgan fingerprint density at radius 1 is 0.300 bits per heavy atom. The van der Waals surface area contributed by atoms with Crippen molar-refractivity contribution in [1.82, 2.24) is 9.13 Å². The first kappa shape index (κ1) is 34.8. The van der Waals surface area contributed by atoms with Gasteiger partial charge in [0.05, 0.1) is 33.4 Å². The number of hydrogen-bond donors (Lipinski definition) is 0. The third-order valence-corrected chi connectivity index (χ3v) is 15.8. The Balaban J connectivity index is 1.11. The lowest BCUT2D eigenvalue weighted by molar-refractivity contribution is 1.12. The standard InChI is InChI=1S/C54H30Br2N2S2/c55-39-30-46(58-42-24-26-50-54(38-16-8-10-18-48(38)60-50)52(42)36-22-20-34(28-44(36)58)32-13-5-2-6-14-32)40(56)29-45(39)57-41-23-25-49-53(37-15-7-9-17-47(37)59-49)51(41)35-21-19-33(27-43(35)57)31-11-3-1-4-12-31/h1-30H. The van der Waals surface area contributed by atoms with Gasteiger partial charge in [0.2, 0.25) is 0 Å². The van der Waals surface area contributed by atoms with Crippen LogP contribution in [0.2, 0.25) is 0 Å². The van der Waals surface area contributed by atoms with Crippen molar-refractivity contribution in [2.75, 3.05) is 0 Å². The highest BCUT2D eigenvalue weighted by Crippen LogP contribution is 2.48. The summed E-state index contributed by atoms with van der Waals surface area (Å²) >= 11 is 12.1. The van der Waals surface area contributed by atoms with Crippen molar-refractivity contribution in [1.29, 1.82) is 0 Å². The number of halogens is 2. The maximum atomic E-state index is 4.20. The van der Waals surface area contributed by atoms with E-state index in [1.54, 1.807) is 0 Å². The number of fused-ring (bicyclic) bond motifs is 14. The second kappa shape index (κ2) is 13.2. The highest BCUT2D eigenvalue weighted by Gasteiger charge is 2.24. The summed E-state index contributed by atoms with van der Waals surface area (Å²) in [6.07, 6.45) is 0. The Morgan fingerprint density at radius 2 is 0.717 bits per heavy atom. The molecule has 0 aliphatic heterocycles. The van der Waals surface area contributed by atoms with Gasteiger partial charge in [-0.25, -0.2) is 0 Å². The van der Waals surface area contributed by atoms with Gasteiger partial charge in [-0.15, -0.1) is 22.7 Å². The Bertz CT molecular complexity index is 3650. The summed E-state index contributed by atoms with van der Waals surface area (Å²) in [7, 11) is 0. The third kappa shape index (κ3) is 5.02. The van der Waals surface area contributed by atoms with Crippen LogP contribution in [0.25, 0.3) is 118 Å². The summed E-state index contributed by atoms with van der Waals surface area (Å²) in [5.74, 6) is 0. The maximum Gasteiger partial charge on any atom is 0.0617 e. The van der Waals surface area contributed by atoms with Crippen molar-refractivity contribution >= 4 is 138 Å². The van der Waals surface area contributed by atoms with Gasteiger partial charge in [-0.2, -0.15) is 0 Å². The van der Waals surface area contributed by atoms with Crippen LogP contribution < -0.4 is 0 Å². The molecule has 60 heavy (non-hydrogen) atoms. The van der Waals surface area contributed by atoms with Crippen LogP contribution in [-0.2, 0) is 0 Å². The molecule has 2 nitrogen and oxygen atoms in total. The minimum Gasteiger partial charge on any atom is -0.308 e. The van der Waals surface area contributed by atoms with Gasteiger partial charge in [0.1, 0.15) is 0 Å². The second-order valence-corrected chi connectivity index (χ2v) is 19.4. The molecule has 4 aromatic heterocycles. The molecule has 0 aliphatic rings. The highest BCUT2D eigenvalue weighted by molar-refractivity contribution is 9.11. The number of benzene rings is 9. The normalized spacial score (nSPS) is 12.2. The van der Waals surface area contributed by atoms with E-state index in [1.807, 2.05) is 22.7 Å². The zero-order chi connectivity index (χ0) is 39.6. The quantitative estimate of drug-likeness (QED) is 0.166. The summed E-state index contributed by atoms with van der Waals surface area (Å²) in [5, 5.41) is 10.3. The fourth-order valence-corrected chi connectivity index (χ4v) is 12.9. The van der Waals surface area contributed by atoms with Gasteiger partial charge in [-0.05, 0) is 115 Å². The van der Waals surface area contributed by atoms with Gasteiger partial charge in [-0.3, -0.25) is 0 Å². The smallest absolute Gasteiger partial charge is 0.0617 e. The van der Waals surface area contributed by atoms with E-state index in [1.165, 1.54) is 106 Å². The van der Waals surface area contributed by atoms with Crippen LogP contribution in [0.4, 0.5) is 0 Å². The Labute approximate surface area is 369 Å². The van der Waals surface area contributed by atoms with Crippen molar-refractivity contribution < 1.29 is 0 Å².